The average molecular weight is 203 g/mol. The fourth-order valence-corrected chi connectivity index (χ4v) is 2.69. The molecule has 1 atom stereocenters. The molecule has 1 saturated heterocycles. The van der Waals surface area contributed by atoms with Gasteiger partial charge < -0.3 is 10.5 Å². The average Bonchev–Trinajstić information content (AvgIpc) is 2.14. The van der Waals surface area contributed by atoms with Gasteiger partial charge in [0.2, 0.25) is 0 Å². The van der Waals surface area contributed by atoms with Crippen LogP contribution in [0, 0.1) is 0 Å². The van der Waals surface area contributed by atoms with Gasteiger partial charge in [-0.2, -0.15) is 11.8 Å². The Morgan fingerprint density at radius 1 is 1.46 bits per heavy atom. The van der Waals surface area contributed by atoms with Gasteiger partial charge in [0.1, 0.15) is 0 Å². The van der Waals surface area contributed by atoms with Gasteiger partial charge in [0, 0.05) is 24.5 Å². The first-order chi connectivity index (χ1) is 6.29. The maximum atomic E-state index is 5.68. The summed E-state index contributed by atoms with van der Waals surface area (Å²) >= 11 is 2.10. The molecule has 1 unspecified atom stereocenters. The second-order valence-electron chi connectivity index (χ2n) is 3.80. The van der Waals surface area contributed by atoms with Crippen LogP contribution in [-0.4, -0.2) is 30.3 Å². The van der Waals surface area contributed by atoms with Crippen LogP contribution in [0.5, 0.6) is 0 Å². The fourth-order valence-electron chi connectivity index (χ4n) is 1.50. The first-order valence-electron chi connectivity index (χ1n) is 5.24. The van der Waals surface area contributed by atoms with Crippen molar-refractivity contribution in [1.82, 2.24) is 0 Å². The molecule has 1 aliphatic heterocycles. The van der Waals surface area contributed by atoms with E-state index in [0.29, 0.717) is 6.04 Å². The smallest absolute Gasteiger partial charge is 0.0476 e. The molecule has 0 aromatic carbocycles. The van der Waals surface area contributed by atoms with E-state index in [9.17, 15) is 0 Å². The summed E-state index contributed by atoms with van der Waals surface area (Å²) in [6.45, 7) is 4.01. The van der Waals surface area contributed by atoms with Crippen LogP contribution in [0.15, 0.2) is 0 Å². The minimum atomic E-state index is 0.371. The Morgan fingerprint density at radius 3 is 2.77 bits per heavy atom. The molecular formula is C10H21NOS. The molecule has 2 nitrogen and oxygen atoms in total. The molecule has 13 heavy (non-hydrogen) atoms. The van der Waals surface area contributed by atoms with E-state index >= 15 is 0 Å². The SMILES string of the molecule is CC(N)CCCSC1CCOCC1. The summed E-state index contributed by atoms with van der Waals surface area (Å²) in [6, 6.07) is 0.371. The second kappa shape index (κ2) is 6.68. The Bertz CT molecular complexity index is 124. The molecule has 3 heteroatoms. The van der Waals surface area contributed by atoms with Gasteiger partial charge in [0.15, 0.2) is 0 Å². The number of rotatable bonds is 5. The van der Waals surface area contributed by atoms with E-state index in [2.05, 4.69) is 18.7 Å². The lowest BCUT2D eigenvalue weighted by Gasteiger charge is -2.21. The van der Waals surface area contributed by atoms with E-state index in [1.807, 2.05) is 0 Å². The van der Waals surface area contributed by atoms with Crippen LogP contribution in [0.2, 0.25) is 0 Å². The van der Waals surface area contributed by atoms with Gasteiger partial charge in [-0.05, 0) is 38.4 Å². The van der Waals surface area contributed by atoms with E-state index in [-0.39, 0.29) is 0 Å². The quantitative estimate of drug-likeness (QED) is 0.694. The molecule has 1 aliphatic rings. The van der Waals surface area contributed by atoms with Crippen LogP contribution in [0.1, 0.15) is 32.6 Å². The fraction of sp³-hybridized carbons (Fsp3) is 1.00. The van der Waals surface area contributed by atoms with Crippen molar-refractivity contribution in [3.8, 4) is 0 Å². The Kier molecular flexibility index (Phi) is 5.83. The van der Waals surface area contributed by atoms with E-state index in [4.69, 9.17) is 10.5 Å². The minimum absolute atomic E-state index is 0.371. The maximum absolute atomic E-state index is 5.68. The molecule has 0 bridgehead atoms. The highest BCUT2D eigenvalue weighted by Crippen LogP contribution is 2.22. The van der Waals surface area contributed by atoms with Crippen molar-refractivity contribution in [2.45, 2.75) is 43.9 Å². The first kappa shape index (κ1) is 11.3. The topological polar surface area (TPSA) is 35.2 Å². The third kappa shape index (κ3) is 5.55. The van der Waals surface area contributed by atoms with Crippen LogP contribution < -0.4 is 5.73 Å². The van der Waals surface area contributed by atoms with Crippen molar-refractivity contribution in [3.63, 3.8) is 0 Å². The zero-order valence-electron chi connectivity index (χ0n) is 8.50. The lowest BCUT2D eigenvalue weighted by Crippen LogP contribution is -2.18. The summed E-state index contributed by atoms with van der Waals surface area (Å²) < 4.78 is 5.31. The third-order valence-corrected chi connectivity index (χ3v) is 3.79. The predicted molar refractivity (Wildman–Crippen MR) is 59.2 cm³/mol. The van der Waals surface area contributed by atoms with Gasteiger partial charge in [-0.3, -0.25) is 0 Å². The van der Waals surface area contributed by atoms with Gasteiger partial charge in [-0.15, -0.1) is 0 Å². The number of nitrogens with two attached hydrogens (primary N) is 1. The van der Waals surface area contributed by atoms with Crippen LogP contribution >= 0.6 is 11.8 Å². The third-order valence-electron chi connectivity index (χ3n) is 2.33. The number of ether oxygens (including phenoxy) is 1. The normalized spacial score (nSPS) is 21.7. The summed E-state index contributed by atoms with van der Waals surface area (Å²) in [7, 11) is 0. The highest BCUT2D eigenvalue weighted by molar-refractivity contribution is 7.99. The molecule has 1 fully saturated rings. The largest absolute Gasteiger partial charge is 0.381 e. The molecule has 0 radical (unpaired) electrons. The molecule has 1 rings (SSSR count). The van der Waals surface area contributed by atoms with E-state index in [1.54, 1.807) is 0 Å². The van der Waals surface area contributed by atoms with E-state index in [0.717, 1.165) is 24.9 Å². The Balaban J connectivity index is 1.92. The van der Waals surface area contributed by atoms with Crippen molar-refractivity contribution >= 4 is 11.8 Å². The van der Waals surface area contributed by atoms with Crippen LogP contribution in [0.3, 0.4) is 0 Å². The Hall–Kier alpha value is 0.270. The van der Waals surface area contributed by atoms with Gasteiger partial charge in [0.25, 0.3) is 0 Å². The van der Waals surface area contributed by atoms with E-state index in [1.165, 1.54) is 25.0 Å². The van der Waals surface area contributed by atoms with Crippen LogP contribution in [0.4, 0.5) is 0 Å². The summed E-state index contributed by atoms with van der Waals surface area (Å²) in [6.07, 6.45) is 4.90. The van der Waals surface area contributed by atoms with Gasteiger partial charge in [0.05, 0.1) is 0 Å². The molecular weight excluding hydrogens is 182 g/mol. The molecule has 0 aromatic heterocycles. The molecule has 78 valence electrons. The van der Waals surface area contributed by atoms with Gasteiger partial charge in [-0.25, -0.2) is 0 Å². The van der Waals surface area contributed by atoms with Gasteiger partial charge in [-0.1, -0.05) is 0 Å². The zero-order valence-corrected chi connectivity index (χ0v) is 9.31. The molecule has 1 heterocycles. The lowest BCUT2D eigenvalue weighted by atomic mass is 10.2. The van der Waals surface area contributed by atoms with Crippen molar-refractivity contribution in [1.29, 1.82) is 0 Å². The summed E-state index contributed by atoms with van der Waals surface area (Å²) in [4.78, 5) is 0. The zero-order chi connectivity index (χ0) is 9.52. The Labute approximate surface area is 85.6 Å². The van der Waals surface area contributed by atoms with Crippen molar-refractivity contribution in [3.05, 3.63) is 0 Å². The molecule has 0 aromatic rings. The van der Waals surface area contributed by atoms with Crippen LogP contribution in [0.25, 0.3) is 0 Å². The second-order valence-corrected chi connectivity index (χ2v) is 5.21. The predicted octanol–water partition coefficient (Wildman–Crippen LogP) is 2.03. The molecule has 2 N–H and O–H groups in total. The van der Waals surface area contributed by atoms with Gasteiger partial charge >= 0.3 is 0 Å². The van der Waals surface area contributed by atoms with Crippen molar-refractivity contribution < 1.29 is 4.74 Å². The monoisotopic (exact) mass is 203 g/mol. The Morgan fingerprint density at radius 2 is 2.15 bits per heavy atom. The summed E-state index contributed by atoms with van der Waals surface area (Å²) in [5, 5.41) is 0.849. The highest BCUT2D eigenvalue weighted by atomic mass is 32.2. The molecule has 0 amide bonds. The summed E-state index contributed by atoms with van der Waals surface area (Å²) in [5.74, 6) is 1.27. The standard InChI is InChI=1S/C10H21NOS/c1-9(11)3-2-8-13-10-4-6-12-7-5-10/h9-10H,2-8,11H2,1H3. The number of thioether (sulfide) groups is 1. The van der Waals surface area contributed by atoms with Crippen molar-refractivity contribution in [2.75, 3.05) is 19.0 Å². The molecule has 0 saturated carbocycles. The lowest BCUT2D eigenvalue weighted by molar-refractivity contribution is 0.100. The maximum Gasteiger partial charge on any atom is 0.0476 e. The van der Waals surface area contributed by atoms with E-state index < -0.39 is 0 Å². The van der Waals surface area contributed by atoms with Crippen LogP contribution in [-0.2, 0) is 4.74 Å². The molecule has 0 aliphatic carbocycles. The van der Waals surface area contributed by atoms with Crippen molar-refractivity contribution in [2.24, 2.45) is 5.73 Å². The minimum Gasteiger partial charge on any atom is -0.381 e. The highest BCUT2D eigenvalue weighted by Gasteiger charge is 2.13. The number of hydrogen-bond acceptors (Lipinski definition) is 3. The first-order valence-corrected chi connectivity index (χ1v) is 6.29. The molecule has 0 spiro atoms. The number of hydrogen-bond donors (Lipinski definition) is 1. The summed E-state index contributed by atoms with van der Waals surface area (Å²) in [5.41, 5.74) is 5.68.